The van der Waals surface area contributed by atoms with Crippen molar-refractivity contribution >= 4 is 0 Å². The van der Waals surface area contributed by atoms with E-state index in [1.54, 1.807) is 0 Å². The average Bonchev–Trinajstić information content (AvgIpc) is 1.85. The van der Waals surface area contributed by atoms with Crippen molar-refractivity contribution in [2.75, 3.05) is 6.61 Å². The van der Waals surface area contributed by atoms with Crippen LogP contribution in [-0.4, -0.2) is 23.1 Å². The Morgan fingerprint density at radius 2 is 2.11 bits per heavy atom. The highest BCUT2D eigenvalue weighted by molar-refractivity contribution is 4.51. The molecule has 0 aliphatic heterocycles. The Kier molecular flexibility index (Phi) is 5.93. The van der Waals surface area contributed by atoms with Crippen molar-refractivity contribution in [1.29, 1.82) is 0 Å². The van der Waals surface area contributed by atoms with Gasteiger partial charge in [-0.05, 0) is 12.8 Å². The number of hydrogen-bond acceptors (Lipinski definition) is 3. The molecule has 0 saturated heterocycles. The first-order chi connectivity index (χ1) is 4.31. The second kappa shape index (κ2) is 6.01. The normalized spacial score (nSPS) is 13.7. The van der Waals surface area contributed by atoms with E-state index in [0.717, 1.165) is 12.8 Å². The van der Waals surface area contributed by atoms with E-state index in [0.29, 0.717) is 6.42 Å². The molecule has 56 valence electrons. The Labute approximate surface area is 55.2 Å². The molecule has 0 aliphatic carbocycles. The van der Waals surface area contributed by atoms with Crippen LogP contribution in [-0.2, 0) is 4.89 Å². The minimum atomic E-state index is -0.317. The molecular formula is C6H14O3. The van der Waals surface area contributed by atoms with Crippen LogP contribution in [0.4, 0.5) is 0 Å². The second-order valence-corrected chi connectivity index (χ2v) is 2.06. The quantitative estimate of drug-likeness (QED) is 0.436. The standard InChI is InChI=1S/C6H14O3/c1-2-3-6(7)4-5-9-8/h6-8H,2-5H2,1H3. The summed E-state index contributed by atoms with van der Waals surface area (Å²) in [6.07, 6.45) is 1.95. The van der Waals surface area contributed by atoms with Gasteiger partial charge in [0.05, 0.1) is 12.7 Å². The second-order valence-electron chi connectivity index (χ2n) is 2.06. The molecule has 0 fully saturated rings. The maximum Gasteiger partial charge on any atom is 0.0844 e. The van der Waals surface area contributed by atoms with Crippen molar-refractivity contribution in [2.45, 2.75) is 32.3 Å². The zero-order chi connectivity index (χ0) is 7.11. The molecule has 0 aromatic rings. The number of aliphatic hydroxyl groups is 1. The molecule has 1 atom stereocenters. The topological polar surface area (TPSA) is 49.7 Å². The van der Waals surface area contributed by atoms with E-state index in [1.165, 1.54) is 0 Å². The molecule has 0 saturated carbocycles. The van der Waals surface area contributed by atoms with Gasteiger partial charge in [0.25, 0.3) is 0 Å². The van der Waals surface area contributed by atoms with Gasteiger partial charge in [0, 0.05) is 0 Å². The lowest BCUT2D eigenvalue weighted by atomic mass is 10.1. The van der Waals surface area contributed by atoms with Gasteiger partial charge in [-0.2, -0.15) is 0 Å². The third-order valence-corrected chi connectivity index (χ3v) is 1.16. The highest BCUT2D eigenvalue weighted by Crippen LogP contribution is 1.99. The van der Waals surface area contributed by atoms with Crippen LogP contribution >= 0.6 is 0 Å². The van der Waals surface area contributed by atoms with Crippen LogP contribution in [0, 0.1) is 0 Å². The maximum absolute atomic E-state index is 8.99. The Bertz CT molecular complexity index is 56.3. The van der Waals surface area contributed by atoms with Crippen molar-refractivity contribution in [3.8, 4) is 0 Å². The summed E-state index contributed by atoms with van der Waals surface area (Å²) < 4.78 is 0. The van der Waals surface area contributed by atoms with E-state index in [1.807, 2.05) is 6.92 Å². The molecule has 0 heterocycles. The summed E-state index contributed by atoms with van der Waals surface area (Å²) >= 11 is 0. The summed E-state index contributed by atoms with van der Waals surface area (Å²) in [5.74, 6) is 0. The molecule has 3 heteroatoms. The SMILES string of the molecule is CCCC(O)CCOO. The molecule has 3 nitrogen and oxygen atoms in total. The predicted octanol–water partition coefficient (Wildman–Crippen LogP) is 1.03. The van der Waals surface area contributed by atoms with Gasteiger partial charge in [-0.1, -0.05) is 13.3 Å². The minimum Gasteiger partial charge on any atom is -0.393 e. The molecule has 1 unspecified atom stereocenters. The first-order valence-corrected chi connectivity index (χ1v) is 3.25. The fourth-order valence-electron chi connectivity index (χ4n) is 0.666. The Hall–Kier alpha value is -0.120. The van der Waals surface area contributed by atoms with Gasteiger partial charge in [0.1, 0.15) is 0 Å². The predicted molar refractivity (Wildman–Crippen MR) is 34.1 cm³/mol. The fraction of sp³-hybridized carbons (Fsp3) is 1.00. The van der Waals surface area contributed by atoms with Gasteiger partial charge in [-0.3, -0.25) is 5.26 Å². The molecule has 0 amide bonds. The molecule has 0 rings (SSSR count). The first kappa shape index (κ1) is 8.88. The summed E-state index contributed by atoms with van der Waals surface area (Å²) in [6, 6.07) is 0. The maximum atomic E-state index is 8.99. The molecule has 0 spiro atoms. The first-order valence-electron chi connectivity index (χ1n) is 3.25. The van der Waals surface area contributed by atoms with Gasteiger partial charge < -0.3 is 5.11 Å². The van der Waals surface area contributed by atoms with E-state index in [2.05, 4.69) is 4.89 Å². The zero-order valence-corrected chi connectivity index (χ0v) is 5.71. The van der Waals surface area contributed by atoms with Crippen LogP contribution < -0.4 is 0 Å². The average molecular weight is 134 g/mol. The molecule has 0 bridgehead atoms. The number of rotatable bonds is 5. The van der Waals surface area contributed by atoms with Crippen LogP contribution in [0.25, 0.3) is 0 Å². The van der Waals surface area contributed by atoms with Crippen LogP contribution in [0.5, 0.6) is 0 Å². The molecule has 0 aliphatic rings. The number of hydrogen-bond donors (Lipinski definition) is 2. The van der Waals surface area contributed by atoms with Crippen LogP contribution in [0.1, 0.15) is 26.2 Å². The summed E-state index contributed by atoms with van der Waals surface area (Å²) in [4.78, 5) is 3.80. The van der Waals surface area contributed by atoms with Crippen LogP contribution in [0.3, 0.4) is 0 Å². The minimum absolute atomic E-state index is 0.223. The van der Waals surface area contributed by atoms with Crippen molar-refractivity contribution < 1.29 is 15.3 Å². The molecule has 0 radical (unpaired) electrons. The molecule has 0 aromatic heterocycles. The van der Waals surface area contributed by atoms with E-state index in [9.17, 15) is 0 Å². The van der Waals surface area contributed by atoms with Gasteiger partial charge in [0.15, 0.2) is 0 Å². The van der Waals surface area contributed by atoms with Gasteiger partial charge in [-0.25, -0.2) is 4.89 Å². The van der Waals surface area contributed by atoms with Crippen molar-refractivity contribution in [2.24, 2.45) is 0 Å². The summed E-state index contributed by atoms with van der Waals surface area (Å²) in [6.45, 7) is 2.23. The zero-order valence-electron chi connectivity index (χ0n) is 5.71. The molecule has 2 N–H and O–H groups in total. The lowest BCUT2D eigenvalue weighted by Crippen LogP contribution is -2.08. The van der Waals surface area contributed by atoms with E-state index >= 15 is 0 Å². The van der Waals surface area contributed by atoms with Crippen molar-refractivity contribution in [1.82, 2.24) is 0 Å². The highest BCUT2D eigenvalue weighted by atomic mass is 17.1. The van der Waals surface area contributed by atoms with E-state index in [4.69, 9.17) is 10.4 Å². The lowest BCUT2D eigenvalue weighted by molar-refractivity contribution is -0.245. The van der Waals surface area contributed by atoms with Crippen LogP contribution in [0.2, 0.25) is 0 Å². The van der Waals surface area contributed by atoms with Crippen molar-refractivity contribution in [3.05, 3.63) is 0 Å². The van der Waals surface area contributed by atoms with Gasteiger partial charge >= 0.3 is 0 Å². The molecule has 9 heavy (non-hydrogen) atoms. The van der Waals surface area contributed by atoms with E-state index < -0.39 is 0 Å². The van der Waals surface area contributed by atoms with Crippen molar-refractivity contribution in [3.63, 3.8) is 0 Å². The van der Waals surface area contributed by atoms with Crippen LogP contribution in [0.15, 0.2) is 0 Å². The summed E-state index contributed by atoms with van der Waals surface area (Å²) in [7, 11) is 0. The highest BCUT2D eigenvalue weighted by Gasteiger charge is 2.00. The summed E-state index contributed by atoms with van der Waals surface area (Å²) in [5.41, 5.74) is 0. The van der Waals surface area contributed by atoms with E-state index in [-0.39, 0.29) is 12.7 Å². The number of aliphatic hydroxyl groups excluding tert-OH is 1. The Balaban J connectivity index is 2.95. The Morgan fingerprint density at radius 3 is 2.56 bits per heavy atom. The fourth-order valence-corrected chi connectivity index (χ4v) is 0.666. The largest absolute Gasteiger partial charge is 0.393 e. The summed E-state index contributed by atoms with van der Waals surface area (Å²) in [5, 5.41) is 16.9. The van der Waals surface area contributed by atoms with Gasteiger partial charge in [-0.15, -0.1) is 0 Å². The molecular weight excluding hydrogens is 120 g/mol. The monoisotopic (exact) mass is 134 g/mol. The third kappa shape index (κ3) is 5.76. The Morgan fingerprint density at radius 1 is 1.44 bits per heavy atom. The molecule has 0 aromatic carbocycles. The lowest BCUT2D eigenvalue weighted by Gasteiger charge is -2.05. The smallest absolute Gasteiger partial charge is 0.0844 e. The van der Waals surface area contributed by atoms with Gasteiger partial charge in [0.2, 0.25) is 0 Å². The third-order valence-electron chi connectivity index (χ3n) is 1.16.